The lowest BCUT2D eigenvalue weighted by Gasteiger charge is -2.09. The quantitative estimate of drug-likeness (QED) is 0.809. The van der Waals surface area contributed by atoms with E-state index in [2.05, 4.69) is 37.0 Å². The van der Waals surface area contributed by atoms with Crippen molar-refractivity contribution in [1.82, 2.24) is 4.98 Å². The van der Waals surface area contributed by atoms with Gasteiger partial charge in [-0.2, -0.15) is 0 Å². The molecule has 0 saturated heterocycles. The molecule has 0 amide bonds. The molecular weight excluding hydrogens is 184 g/mol. The Morgan fingerprint density at radius 3 is 2.67 bits per heavy atom. The molecule has 1 aromatic carbocycles. The van der Waals surface area contributed by atoms with E-state index in [1.54, 1.807) is 0 Å². The summed E-state index contributed by atoms with van der Waals surface area (Å²) in [5.74, 6) is 0.527. The van der Waals surface area contributed by atoms with Gasteiger partial charge in [-0.1, -0.05) is 32.0 Å². The molecule has 15 heavy (non-hydrogen) atoms. The van der Waals surface area contributed by atoms with Crippen LogP contribution < -0.4 is 5.73 Å². The van der Waals surface area contributed by atoms with Crippen molar-refractivity contribution in [3.8, 4) is 0 Å². The zero-order chi connectivity index (χ0) is 10.8. The highest BCUT2D eigenvalue weighted by Gasteiger charge is 2.05. The van der Waals surface area contributed by atoms with Crippen LogP contribution in [-0.2, 0) is 6.54 Å². The van der Waals surface area contributed by atoms with Crippen molar-refractivity contribution in [2.45, 2.75) is 26.3 Å². The summed E-state index contributed by atoms with van der Waals surface area (Å²) in [4.78, 5) is 4.51. The van der Waals surface area contributed by atoms with Gasteiger partial charge in [0.1, 0.15) is 0 Å². The molecule has 0 radical (unpaired) electrons. The van der Waals surface area contributed by atoms with Crippen LogP contribution in [0.15, 0.2) is 30.3 Å². The maximum absolute atomic E-state index is 5.58. The van der Waals surface area contributed by atoms with Gasteiger partial charge in [-0.05, 0) is 23.6 Å². The highest BCUT2D eigenvalue weighted by atomic mass is 14.7. The van der Waals surface area contributed by atoms with Crippen LogP contribution in [0.4, 0.5) is 0 Å². The van der Waals surface area contributed by atoms with Gasteiger partial charge in [-0.15, -0.1) is 0 Å². The van der Waals surface area contributed by atoms with Crippen LogP contribution >= 0.6 is 0 Å². The van der Waals surface area contributed by atoms with E-state index in [-0.39, 0.29) is 0 Å². The van der Waals surface area contributed by atoms with E-state index < -0.39 is 0 Å². The normalized spacial score (nSPS) is 11.2. The monoisotopic (exact) mass is 200 g/mol. The van der Waals surface area contributed by atoms with E-state index in [9.17, 15) is 0 Å². The molecule has 2 nitrogen and oxygen atoms in total. The Balaban J connectivity index is 2.67. The minimum Gasteiger partial charge on any atom is -0.325 e. The van der Waals surface area contributed by atoms with Crippen LogP contribution in [-0.4, -0.2) is 4.98 Å². The van der Waals surface area contributed by atoms with E-state index in [0.717, 1.165) is 11.2 Å². The van der Waals surface area contributed by atoms with Gasteiger partial charge < -0.3 is 5.73 Å². The predicted molar refractivity (Wildman–Crippen MR) is 63.7 cm³/mol. The molecule has 0 bridgehead atoms. The first kappa shape index (κ1) is 10.1. The molecule has 78 valence electrons. The number of hydrogen-bond donors (Lipinski definition) is 1. The predicted octanol–water partition coefficient (Wildman–Crippen LogP) is 2.82. The Bertz CT molecular complexity index is 475. The molecule has 0 fully saturated rings. The van der Waals surface area contributed by atoms with Crippen molar-refractivity contribution in [2.24, 2.45) is 5.73 Å². The molecule has 2 rings (SSSR count). The van der Waals surface area contributed by atoms with Crippen molar-refractivity contribution < 1.29 is 0 Å². The van der Waals surface area contributed by atoms with E-state index in [1.807, 2.05) is 12.1 Å². The van der Waals surface area contributed by atoms with E-state index in [4.69, 9.17) is 5.73 Å². The topological polar surface area (TPSA) is 38.9 Å². The Kier molecular flexibility index (Phi) is 2.69. The summed E-state index contributed by atoms with van der Waals surface area (Å²) in [5, 5.41) is 1.24. The van der Waals surface area contributed by atoms with E-state index >= 15 is 0 Å². The average Bonchev–Trinajstić information content (AvgIpc) is 2.27. The van der Waals surface area contributed by atoms with E-state index in [0.29, 0.717) is 12.5 Å². The van der Waals surface area contributed by atoms with Gasteiger partial charge in [-0.3, -0.25) is 4.98 Å². The van der Waals surface area contributed by atoms with Gasteiger partial charge in [0.15, 0.2) is 0 Å². The summed E-state index contributed by atoms with van der Waals surface area (Å²) in [6.45, 7) is 4.90. The number of hydrogen-bond acceptors (Lipinski definition) is 2. The maximum Gasteiger partial charge on any atom is 0.0708 e. The van der Waals surface area contributed by atoms with Gasteiger partial charge in [0, 0.05) is 11.9 Å². The van der Waals surface area contributed by atoms with Gasteiger partial charge in [0.25, 0.3) is 0 Å². The van der Waals surface area contributed by atoms with Gasteiger partial charge in [0.2, 0.25) is 0 Å². The van der Waals surface area contributed by atoms with Gasteiger partial charge in [-0.25, -0.2) is 0 Å². The minimum atomic E-state index is 0.502. The second-order valence-corrected chi connectivity index (χ2v) is 4.08. The lowest BCUT2D eigenvalue weighted by Crippen LogP contribution is -2.00. The van der Waals surface area contributed by atoms with Crippen molar-refractivity contribution >= 4 is 10.9 Å². The fourth-order valence-electron chi connectivity index (χ4n) is 1.84. The first-order valence-corrected chi connectivity index (χ1v) is 5.31. The fourth-order valence-corrected chi connectivity index (χ4v) is 1.84. The summed E-state index contributed by atoms with van der Waals surface area (Å²) < 4.78 is 0. The summed E-state index contributed by atoms with van der Waals surface area (Å²) in [7, 11) is 0. The average molecular weight is 200 g/mol. The largest absolute Gasteiger partial charge is 0.325 e. The lowest BCUT2D eigenvalue weighted by atomic mass is 9.98. The third-order valence-corrected chi connectivity index (χ3v) is 2.65. The first-order valence-electron chi connectivity index (χ1n) is 5.31. The molecule has 0 atom stereocenters. The third-order valence-electron chi connectivity index (χ3n) is 2.65. The number of rotatable bonds is 2. The summed E-state index contributed by atoms with van der Waals surface area (Å²) in [6, 6.07) is 10.4. The molecule has 0 aliphatic rings. The van der Waals surface area contributed by atoms with Gasteiger partial charge >= 0.3 is 0 Å². The first-order chi connectivity index (χ1) is 7.22. The van der Waals surface area contributed by atoms with Crippen LogP contribution in [0.25, 0.3) is 10.9 Å². The number of nitrogens with zero attached hydrogens (tertiary/aromatic N) is 1. The molecule has 0 aliphatic carbocycles. The van der Waals surface area contributed by atoms with E-state index in [1.165, 1.54) is 10.9 Å². The second kappa shape index (κ2) is 3.99. The third kappa shape index (κ3) is 1.85. The molecule has 1 aromatic heterocycles. The van der Waals surface area contributed by atoms with Crippen LogP contribution in [0.3, 0.4) is 0 Å². The fraction of sp³-hybridized carbons (Fsp3) is 0.308. The summed E-state index contributed by atoms with van der Waals surface area (Å²) >= 11 is 0. The molecule has 2 N–H and O–H groups in total. The number of nitrogens with two attached hydrogens (primary N) is 1. The molecule has 0 unspecified atom stereocenters. The summed E-state index contributed by atoms with van der Waals surface area (Å²) in [5.41, 5.74) is 8.92. The second-order valence-electron chi connectivity index (χ2n) is 4.08. The Morgan fingerprint density at radius 1 is 1.20 bits per heavy atom. The number of aromatic nitrogens is 1. The molecular formula is C13H16N2. The lowest BCUT2D eigenvalue weighted by molar-refractivity contribution is 0.875. The Morgan fingerprint density at radius 2 is 2.00 bits per heavy atom. The van der Waals surface area contributed by atoms with Crippen molar-refractivity contribution in [2.75, 3.05) is 0 Å². The zero-order valence-electron chi connectivity index (χ0n) is 9.20. The van der Waals surface area contributed by atoms with Crippen molar-refractivity contribution in [3.05, 3.63) is 41.6 Å². The SMILES string of the molecule is CC(C)c1cccc2nc(CN)ccc12. The molecule has 0 spiro atoms. The molecule has 0 saturated carbocycles. The number of benzene rings is 1. The maximum atomic E-state index is 5.58. The number of fused-ring (bicyclic) bond motifs is 1. The highest BCUT2D eigenvalue weighted by Crippen LogP contribution is 2.24. The number of pyridine rings is 1. The minimum absolute atomic E-state index is 0.502. The zero-order valence-corrected chi connectivity index (χ0v) is 9.20. The van der Waals surface area contributed by atoms with Crippen LogP contribution in [0.1, 0.15) is 31.0 Å². The molecule has 2 aromatic rings. The van der Waals surface area contributed by atoms with Crippen LogP contribution in [0, 0.1) is 0 Å². The van der Waals surface area contributed by atoms with Crippen molar-refractivity contribution in [1.29, 1.82) is 0 Å². The smallest absolute Gasteiger partial charge is 0.0708 e. The van der Waals surface area contributed by atoms with Gasteiger partial charge in [0.05, 0.1) is 11.2 Å². The standard InChI is InChI=1S/C13H16N2/c1-9(2)11-4-3-5-13-12(11)7-6-10(8-14)15-13/h3-7,9H,8,14H2,1-2H3. The van der Waals surface area contributed by atoms with Crippen LogP contribution in [0.2, 0.25) is 0 Å². The molecule has 0 aliphatic heterocycles. The Hall–Kier alpha value is -1.41. The molecule has 2 heteroatoms. The Labute approximate surface area is 90.1 Å². The van der Waals surface area contributed by atoms with Crippen molar-refractivity contribution in [3.63, 3.8) is 0 Å². The van der Waals surface area contributed by atoms with Crippen LogP contribution in [0.5, 0.6) is 0 Å². The molecule has 1 heterocycles. The highest BCUT2D eigenvalue weighted by molar-refractivity contribution is 5.82. The summed E-state index contributed by atoms with van der Waals surface area (Å²) in [6.07, 6.45) is 0.